The Kier molecular flexibility index (Phi) is 3.84. The van der Waals surface area contributed by atoms with Gasteiger partial charge in [0.25, 0.3) is 0 Å². The van der Waals surface area contributed by atoms with Gasteiger partial charge in [-0.3, -0.25) is 9.59 Å². The molecule has 0 amide bonds. The third-order valence-corrected chi connectivity index (χ3v) is 4.55. The van der Waals surface area contributed by atoms with Crippen molar-refractivity contribution in [3.05, 3.63) is 48.6 Å². The Morgan fingerprint density at radius 1 is 1.14 bits per heavy atom. The second kappa shape index (κ2) is 5.79. The molecule has 2 fully saturated rings. The number of benzene rings is 1. The van der Waals surface area contributed by atoms with E-state index in [2.05, 4.69) is 6.58 Å². The summed E-state index contributed by atoms with van der Waals surface area (Å²) in [6, 6.07) is 7.67. The molecule has 1 aromatic carbocycles. The maximum Gasteiger partial charge on any atom is 0.318 e. The first-order chi connectivity index (χ1) is 10.6. The molecule has 1 saturated carbocycles. The predicted molar refractivity (Wildman–Crippen MR) is 81.9 cm³/mol. The number of ether oxygens (including phenoxy) is 2. The average molecular weight is 298 g/mol. The quantitative estimate of drug-likeness (QED) is 0.487. The second-order valence-corrected chi connectivity index (χ2v) is 5.72. The van der Waals surface area contributed by atoms with Gasteiger partial charge in [-0.25, -0.2) is 0 Å². The molecular formula is C18H18O4. The van der Waals surface area contributed by atoms with Crippen LogP contribution in [0.2, 0.25) is 0 Å². The summed E-state index contributed by atoms with van der Waals surface area (Å²) in [5.74, 6) is -0.720. The fraction of sp³-hybridized carbons (Fsp3) is 0.333. The molecule has 0 radical (unpaired) electrons. The van der Waals surface area contributed by atoms with Crippen molar-refractivity contribution < 1.29 is 19.1 Å². The lowest BCUT2D eigenvalue weighted by molar-refractivity contribution is -0.154. The van der Waals surface area contributed by atoms with Crippen LogP contribution >= 0.6 is 0 Å². The van der Waals surface area contributed by atoms with Gasteiger partial charge in [-0.2, -0.15) is 0 Å². The molecule has 2 unspecified atom stereocenters. The van der Waals surface area contributed by atoms with Gasteiger partial charge in [-0.1, -0.05) is 30.4 Å². The van der Waals surface area contributed by atoms with Gasteiger partial charge in [-0.15, -0.1) is 6.58 Å². The lowest BCUT2D eigenvalue weighted by Crippen LogP contribution is -2.19. The van der Waals surface area contributed by atoms with Gasteiger partial charge < -0.3 is 9.47 Å². The van der Waals surface area contributed by atoms with Crippen molar-refractivity contribution in [1.82, 2.24) is 0 Å². The van der Waals surface area contributed by atoms with Crippen LogP contribution in [0.15, 0.2) is 43.0 Å². The molecule has 0 bridgehead atoms. The number of allylic oxidation sites excluding steroid dienone is 2. The highest BCUT2D eigenvalue weighted by Gasteiger charge is 2.55. The van der Waals surface area contributed by atoms with Crippen molar-refractivity contribution in [3.8, 4) is 5.75 Å². The van der Waals surface area contributed by atoms with Crippen LogP contribution in [0.4, 0.5) is 0 Å². The van der Waals surface area contributed by atoms with Crippen molar-refractivity contribution >= 4 is 18.0 Å². The zero-order chi connectivity index (χ0) is 15.7. The summed E-state index contributed by atoms with van der Waals surface area (Å²) in [4.78, 5) is 23.7. The van der Waals surface area contributed by atoms with Crippen LogP contribution in [-0.4, -0.2) is 19.0 Å². The van der Waals surface area contributed by atoms with Gasteiger partial charge >= 0.3 is 11.9 Å². The summed E-state index contributed by atoms with van der Waals surface area (Å²) in [6.07, 6.45) is 6.50. The number of methoxy groups -OCH3 is 1. The molecule has 0 aromatic heterocycles. The Labute approximate surface area is 129 Å². The average Bonchev–Trinajstić information content (AvgIpc) is 3.05. The normalized spacial score (nSPS) is 30.4. The maximum absolute atomic E-state index is 11.9. The van der Waals surface area contributed by atoms with Crippen molar-refractivity contribution in [2.75, 3.05) is 7.11 Å². The first-order valence-corrected chi connectivity index (χ1v) is 7.34. The van der Waals surface area contributed by atoms with Crippen LogP contribution < -0.4 is 4.74 Å². The minimum absolute atomic E-state index is 0.00838. The zero-order valence-electron chi connectivity index (χ0n) is 12.4. The number of carbonyl (C=O) groups excluding carboxylic acids is 2. The van der Waals surface area contributed by atoms with Gasteiger partial charge in [0.2, 0.25) is 0 Å². The number of carbonyl (C=O) groups is 2. The highest BCUT2D eigenvalue weighted by Crippen LogP contribution is 2.47. The van der Waals surface area contributed by atoms with Gasteiger partial charge in [0.1, 0.15) is 5.75 Å². The summed E-state index contributed by atoms with van der Waals surface area (Å²) in [6.45, 7) is 3.78. The third-order valence-electron chi connectivity index (χ3n) is 4.55. The first-order valence-electron chi connectivity index (χ1n) is 7.34. The Balaban J connectivity index is 1.79. The van der Waals surface area contributed by atoms with Crippen molar-refractivity contribution in [2.24, 2.45) is 23.7 Å². The fourth-order valence-electron chi connectivity index (χ4n) is 3.41. The Bertz CT molecular complexity index is 629. The molecule has 0 N–H and O–H groups in total. The topological polar surface area (TPSA) is 52.6 Å². The number of fused-ring (bicyclic) bond motifs is 1. The van der Waals surface area contributed by atoms with Crippen LogP contribution in [0.1, 0.15) is 12.0 Å². The summed E-state index contributed by atoms with van der Waals surface area (Å²) in [7, 11) is 1.63. The number of hydrogen-bond acceptors (Lipinski definition) is 4. The van der Waals surface area contributed by atoms with Crippen LogP contribution in [0.25, 0.3) is 6.08 Å². The molecule has 2 aliphatic rings. The van der Waals surface area contributed by atoms with Crippen molar-refractivity contribution in [1.29, 1.82) is 0 Å². The lowest BCUT2D eigenvalue weighted by atomic mass is 9.89. The fourth-order valence-corrected chi connectivity index (χ4v) is 3.41. The van der Waals surface area contributed by atoms with Crippen LogP contribution in [0, 0.1) is 23.7 Å². The van der Waals surface area contributed by atoms with E-state index in [4.69, 9.17) is 9.47 Å². The Morgan fingerprint density at radius 2 is 1.77 bits per heavy atom. The molecule has 0 spiro atoms. The number of esters is 2. The van der Waals surface area contributed by atoms with E-state index in [1.165, 1.54) is 0 Å². The standard InChI is InChI=1S/C18H18O4/c1-3-12-10-13(16-15(12)17(19)22-18(16)20)7-4-11-5-8-14(21-2)9-6-11/h3-9,12-13,15-16H,1,10H2,2H3/b7-4+/t12?,13-,15+,16?/m0/s1. The minimum Gasteiger partial charge on any atom is -0.497 e. The molecule has 22 heavy (non-hydrogen) atoms. The van der Waals surface area contributed by atoms with E-state index in [0.29, 0.717) is 0 Å². The van der Waals surface area contributed by atoms with Crippen molar-refractivity contribution in [2.45, 2.75) is 6.42 Å². The van der Waals surface area contributed by atoms with E-state index in [9.17, 15) is 9.59 Å². The molecule has 4 atom stereocenters. The lowest BCUT2D eigenvalue weighted by Gasteiger charge is -2.09. The minimum atomic E-state index is -0.403. The molecule has 3 rings (SSSR count). The molecule has 1 aromatic rings. The predicted octanol–water partition coefficient (Wildman–Crippen LogP) is 2.85. The molecular weight excluding hydrogens is 280 g/mol. The molecule has 4 heteroatoms. The summed E-state index contributed by atoms with van der Waals surface area (Å²) in [5.41, 5.74) is 1.03. The van der Waals surface area contributed by atoms with Gasteiger partial charge in [0.05, 0.1) is 18.9 Å². The second-order valence-electron chi connectivity index (χ2n) is 5.72. The Hall–Kier alpha value is -2.36. The zero-order valence-corrected chi connectivity index (χ0v) is 12.4. The van der Waals surface area contributed by atoms with E-state index in [0.717, 1.165) is 17.7 Å². The van der Waals surface area contributed by atoms with Crippen molar-refractivity contribution in [3.63, 3.8) is 0 Å². The van der Waals surface area contributed by atoms with Gasteiger partial charge in [0, 0.05) is 0 Å². The molecule has 1 aliphatic heterocycles. The number of rotatable bonds is 4. The highest BCUT2D eigenvalue weighted by molar-refractivity contribution is 5.97. The van der Waals surface area contributed by atoms with E-state index in [-0.39, 0.29) is 23.7 Å². The third kappa shape index (κ3) is 2.45. The SMILES string of the molecule is C=CC1C[C@H](/C=C/c2ccc(OC)cc2)C2C(=O)OC(=O)[C@H]12. The summed E-state index contributed by atoms with van der Waals surface area (Å²) in [5, 5.41) is 0. The summed E-state index contributed by atoms with van der Waals surface area (Å²) < 4.78 is 9.92. The molecule has 114 valence electrons. The molecule has 1 aliphatic carbocycles. The van der Waals surface area contributed by atoms with E-state index in [1.807, 2.05) is 36.4 Å². The molecule has 4 nitrogen and oxygen atoms in total. The first kappa shape index (κ1) is 14.6. The van der Waals surface area contributed by atoms with Gasteiger partial charge in [0.15, 0.2) is 0 Å². The monoisotopic (exact) mass is 298 g/mol. The number of hydrogen-bond donors (Lipinski definition) is 0. The van der Waals surface area contributed by atoms with Crippen LogP contribution in [0.3, 0.4) is 0 Å². The molecule has 1 heterocycles. The number of cyclic esters (lactones) is 2. The van der Waals surface area contributed by atoms with Gasteiger partial charge in [-0.05, 0) is 36.0 Å². The largest absolute Gasteiger partial charge is 0.497 e. The summed E-state index contributed by atoms with van der Waals surface area (Å²) >= 11 is 0. The highest BCUT2D eigenvalue weighted by atomic mass is 16.6. The maximum atomic E-state index is 11.9. The van der Waals surface area contributed by atoms with E-state index < -0.39 is 11.9 Å². The van der Waals surface area contributed by atoms with Crippen LogP contribution in [0.5, 0.6) is 5.75 Å². The van der Waals surface area contributed by atoms with E-state index in [1.54, 1.807) is 13.2 Å². The van der Waals surface area contributed by atoms with Crippen LogP contribution in [-0.2, 0) is 14.3 Å². The van der Waals surface area contributed by atoms with E-state index >= 15 is 0 Å². The molecule has 1 saturated heterocycles. The Morgan fingerprint density at radius 3 is 2.36 bits per heavy atom. The smallest absolute Gasteiger partial charge is 0.318 e.